The van der Waals surface area contributed by atoms with Gasteiger partial charge in [0.25, 0.3) is 0 Å². The van der Waals surface area contributed by atoms with Crippen LogP contribution >= 0.6 is 11.6 Å². The second kappa shape index (κ2) is 11.1. The molecule has 0 spiro atoms. The maximum atomic E-state index is 13.7. The van der Waals surface area contributed by atoms with E-state index in [1.165, 1.54) is 6.33 Å². The lowest BCUT2D eigenvalue weighted by Crippen LogP contribution is -2.35. The van der Waals surface area contributed by atoms with E-state index in [0.717, 1.165) is 53.2 Å². The van der Waals surface area contributed by atoms with Crippen LogP contribution in [0.15, 0.2) is 59.8 Å². The molecule has 1 fully saturated rings. The van der Waals surface area contributed by atoms with E-state index < -0.39 is 0 Å². The van der Waals surface area contributed by atoms with Crippen molar-refractivity contribution < 1.29 is 9.53 Å². The second-order valence-electron chi connectivity index (χ2n) is 9.97. The van der Waals surface area contributed by atoms with Gasteiger partial charge in [0.05, 0.1) is 25.2 Å². The molecule has 3 aromatic heterocycles. The number of carbonyl (C=O) groups excluding carboxylic acids is 1. The molecule has 39 heavy (non-hydrogen) atoms. The van der Waals surface area contributed by atoms with Crippen LogP contribution in [0.5, 0.6) is 0 Å². The van der Waals surface area contributed by atoms with Crippen LogP contribution in [0.2, 0.25) is 5.02 Å². The van der Waals surface area contributed by atoms with Crippen molar-refractivity contribution >= 4 is 33.8 Å². The zero-order valence-corrected chi connectivity index (χ0v) is 22.2. The van der Waals surface area contributed by atoms with Gasteiger partial charge in [0.1, 0.15) is 12.2 Å². The maximum absolute atomic E-state index is 13.7. The van der Waals surface area contributed by atoms with E-state index in [2.05, 4.69) is 41.9 Å². The minimum absolute atomic E-state index is 0.000766. The van der Waals surface area contributed by atoms with Gasteiger partial charge >= 0.3 is 0 Å². The predicted octanol–water partition coefficient (Wildman–Crippen LogP) is 3.14. The number of rotatable bonds is 9. The van der Waals surface area contributed by atoms with Crippen molar-refractivity contribution in [3.63, 3.8) is 0 Å². The highest BCUT2D eigenvalue weighted by atomic mass is 35.5. The number of amides is 1. The van der Waals surface area contributed by atoms with E-state index in [1.807, 2.05) is 24.4 Å². The first-order chi connectivity index (χ1) is 19.0. The van der Waals surface area contributed by atoms with Gasteiger partial charge in [0, 0.05) is 65.8 Å². The molecule has 1 aliphatic heterocycles. The number of halogens is 1. The number of carbonyl (C=O) groups is 1. The summed E-state index contributed by atoms with van der Waals surface area (Å²) >= 11 is 5.96. The Hall–Kier alpha value is -3.79. The number of benzene rings is 2. The average Bonchev–Trinajstić information content (AvgIpc) is 3.58. The van der Waals surface area contributed by atoms with Crippen molar-refractivity contribution in [3.8, 4) is 0 Å². The summed E-state index contributed by atoms with van der Waals surface area (Å²) in [6.07, 6.45) is 4.73. The quantitative estimate of drug-likeness (QED) is 0.295. The van der Waals surface area contributed by atoms with E-state index >= 15 is 0 Å². The zero-order valence-electron chi connectivity index (χ0n) is 21.5. The van der Waals surface area contributed by atoms with Gasteiger partial charge in [0.15, 0.2) is 5.43 Å². The van der Waals surface area contributed by atoms with Crippen LogP contribution in [0.25, 0.3) is 16.3 Å². The summed E-state index contributed by atoms with van der Waals surface area (Å²) in [6.45, 7) is 4.28. The van der Waals surface area contributed by atoms with Crippen LogP contribution in [0.3, 0.4) is 0 Å². The maximum Gasteiger partial charge on any atom is 0.224 e. The molecule has 5 aromatic rings. The Morgan fingerprint density at radius 3 is 2.67 bits per heavy atom. The molecule has 0 saturated carbocycles. The summed E-state index contributed by atoms with van der Waals surface area (Å²) in [7, 11) is 0. The summed E-state index contributed by atoms with van der Waals surface area (Å²) in [5, 5.41) is 12.1. The minimum atomic E-state index is -0.205. The standard InChI is InChI=1S/C29H29ClN6O3/c30-23-3-1-19(2-4-23)15-31-27(37)14-22-17-36-24(5-6-26-32-18-33-34-26)13-21-11-20(12-25(28(21)36)29(22)38)16-35-7-9-39-10-8-35/h1-4,11-13,17-18H,5-10,14-16H2,(H,31,37)(H,32,33,34). The number of hydrogen-bond donors (Lipinski definition) is 2. The molecular weight excluding hydrogens is 516 g/mol. The lowest BCUT2D eigenvalue weighted by molar-refractivity contribution is -0.120. The average molecular weight is 545 g/mol. The molecule has 1 saturated heterocycles. The minimum Gasteiger partial charge on any atom is -0.379 e. The number of aryl methyl sites for hydroxylation is 2. The highest BCUT2D eigenvalue weighted by Crippen LogP contribution is 2.27. The third-order valence-corrected chi connectivity index (χ3v) is 7.49. The number of nitrogens with one attached hydrogen (secondary N) is 2. The molecule has 0 radical (unpaired) electrons. The van der Waals surface area contributed by atoms with Gasteiger partial charge in [-0.15, -0.1) is 0 Å². The Labute approximate surface area is 230 Å². The Morgan fingerprint density at radius 1 is 1.08 bits per heavy atom. The lowest BCUT2D eigenvalue weighted by Gasteiger charge is -2.26. The molecule has 0 atom stereocenters. The molecular formula is C29H29ClN6O3. The molecule has 2 aromatic carbocycles. The number of pyridine rings is 1. The third kappa shape index (κ3) is 5.66. The Balaban J connectivity index is 1.32. The topological polar surface area (TPSA) is 105 Å². The van der Waals surface area contributed by atoms with Crippen LogP contribution in [0.1, 0.15) is 28.2 Å². The van der Waals surface area contributed by atoms with Gasteiger partial charge in [0.2, 0.25) is 5.91 Å². The van der Waals surface area contributed by atoms with Gasteiger partial charge in [-0.1, -0.05) is 23.7 Å². The van der Waals surface area contributed by atoms with Crippen LogP contribution in [-0.2, 0) is 41.9 Å². The highest BCUT2D eigenvalue weighted by Gasteiger charge is 2.19. The molecule has 1 amide bonds. The van der Waals surface area contributed by atoms with Crippen molar-refractivity contribution in [2.75, 3.05) is 26.3 Å². The molecule has 10 heteroatoms. The molecule has 0 unspecified atom stereocenters. The van der Waals surface area contributed by atoms with Crippen molar-refractivity contribution in [2.24, 2.45) is 0 Å². The van der Waals surface area contributed by atoms with E-state index in [1.54, 1.807) is 12.1 Å². The van der Waals surface area contributed by atoms with Crippen LogP contribution in [0, 0.1) is 0 Å². The van der Waals surface area contributed by atoms with E-state index in [9.17, 15) is 9.59 Å². The van der Waals surface area contributed by atoms with Crippen molar-refractivity contribution in [1.82, 2.24) is 29.8 Å². The SMILES string of the molecule is O=C(Cc1cn2c(CCc3ncn[nH]3)cc3cc(CN4CCOCC4)cc(c1=O)c32)NCc1ccc(Cl)cc1. The van der Waals surface area contributed by atoms with Crippen molar-refractivity contribution in [1.29, 1.82) is 0 Å². The first-order valence-corrected chi connectivity index (χ1v) is 13.5. The van der Waals surface area contributed by atoms with Crippen LogP contribution < -0.4 is 10.7 Å². The number of aromatic nitrogens is 4. The zero-order chi connectivity index (χ0) is 26.8. The monoisotopic (exact) mass is 544 g/mol. The Kier molecular flexibility index (Phi) is 7.28. The number of aromatic amines is 1. The Bertz CT molecular complexity index is 1640. The fourth-order valence-corrected chi connectivity index (χ4v) is 5.39. The Morgan fingerprint density at radius 2 is 1.90 bits per heavy atom. The number of H-pyrrole nitrogens is 1. The first kappa shape index (κ1) is 25.5. The molecule has 9 nitrogen and oxygen atoms in total. The number of hydrogen-bond acceptors (Lipinski definition) is 6. The highest BCUT2D eigenvalue weighted by molar-refractivity contribution is 6.30. The molecule has 4 heterocycles. The number of nitrogens with zero attached hydrogens (tertiary/aromatic N) is 4. The van der Waals surface area contributed by atoms with Crippen molar-refractivity contribution in [2.45, 2.75) is 32.4 Å². The van der Waals surface area contributed by atoms with Gasteiger partial charge in [-0.2, -0.15) is 5.10 Å². The lowest BCUT2D eigenvalue weighted by atomic mass is 10.0. The molecule has 200 valence electrons. The largest absolute Gasteiger partial charge is 0.379 e. The van der Waals surface area contributed by atoms with E-state index in [0.29, 0.717) is 48.6 Å². The molecule has 6 rings (SSSR count). The van der Waals surface area contributed by atoms with E-state index in [-0.39, 0.29) is 17.8 Å². The number of morpholine rings is 1. The summed E-state index contributed by atoms with van der Waals surface area (Å²) in [5.74, 6) is 0.600. The normalized spacial score (nSPS) is 14.4. The van der Waals surface area contributed by atoms with Gasteiger partial charge in [-0.05, 0) is 47.9 Å². The molecule has 1 aliphatic rings. The molecule has 0 bridgehead atoms. The number of ether oxygens (including phenoxy) is 1. The predicted molar refractivity (Wildman–Crippen MR) is 149 cm³/mol. The fraction of sp³-hybridized carbons (Fsp3) is 0.310. The van der Waals surface area contributed by atoms with Crippen LogP contribution in [0.4, 0.5) is 0 Å². The summed E-state index contributed by atoms with van der Waals surface area (Å²) in [4.78, 5) is 33.2. The molecule has 2 N–H and O–H groups in total. The van der Waals surface area contributed by atoms with Crippen LogP contribution in [-0.4, -0.2) is 56.7 Å². The fourth-order valence-electron chi connectivity index (χ4n) is 5.26. The summed E-state index contributed by atoms with van der Waals surface area (Å²) in [6, 6.07) is 13.6. The molecule has 0 aliphatic carbocycles. The smallest absolute Gasteiger partial charge is 0.224 e. The van der Waals surface area contributed by atoms with Gasteiger partial charge in [-0.25, -0.2) is 4.98 Å². The van der Waals surface area contributed by atoms with Gasteiger partial charge in [-0.3, -0.25) is 19.6 Å². The summed E-state index contributed by atoms with van der Waals surface area (Å²) < 4.78 is 7.57. The summed E-state index contributed by atoms with van der Waals surface area (Å²) in [5.41, 5.74) is 4.34. The van der Waals surface area contributed by atoms with Crippen molar-refractivity contribution in [3.05, 3.63) is 98.4 Å². The van der Waals surface area contributed by atoms with E-state index in [4.69, 9.17) is 16.3 Å². The third-order valence-electron chi connectivity index (χ3n) is 7.24. The first-order valence-electron chi connectivity index (χ1n) is 13.1. The van der Waals surface area contributed by atoms with Gasteiger partial charge < -0.3 is 14.5 Å². The second-order valence-corrected chi connectivity index (χ2v) is 10.4.